The molecular weight excluding hydrogens is 172 g/mol. The summed E-state index contributed by atoms with van der Waals surface area (Å²) in [4.78, 5) is 0. The van der Waals surface area contributed by atoms with Crippen molar-refractivity contribution in [1.82, 2.24) is 9.88 Å². The molecule has 80 valence electrons. The number of rotatable bonds is 6. The molecule has 0 fully saturated rings. The van der Waals surface area contributed by atoms with Crippen molar-refractivity contribution in [2.45, 2.75) is 40.3 Å². The van der Waals surface area contributed by atoms with Crippen molar-refractivity contribution in [3.63, 3.8) is 0 Å². The molecule has 0 saturated carbocycles. The van der Waals surface area contributed by atoms with Crippen LogP contribution < -0.4 is 5.32 Å². The van der Waals surface area contributed by atoms with E-state index in [0.29, 0.717) is 0 Å². The van der Waals surface area contributed by atoms with Crippen molar-refractivity contribution in [3.8, 4) is 0 Å². The molecule has 0 bridgehead atoms. The minimum absolute atomic E-state index is 0.773. The highest BCUT2D eigenvalue weighted by molar-refractivity contribution is 5.09. The van der Waals surface area contributed by atoms with Crippen LogP contribution in [-0.2, 0) is 13.1 Å². The summed E-state index contributed by atoms with van der Waals surface area (Å²) in [6.07, 6.45) is 5.67. The summed E-state index contributed by atoms with van der Waals surface area (Å²) >= 11 is 0. The van der Waals surface area contributed by atoms with Crippen molar-refractivity contribution >= 4 is 0 Å². The van der Waals surface area contributed by atoms with E-state index < -0.39 is 0 Å². The van der Waals surface area contributed by atoms with Gasteiger partial charge in [0.2, 0.25) is 0 Å². The molecule has 2 nitrogen and oxygen atoms in total. The topological polar surface area (TPSA) is 17.0 Å². The maximum Gasteiger partial charge on any atom is 0.0245 e. The summed E-state index contributed by atoms with van der Waals surface area (Å²) in [5.41, 5.74) is 1.38. The first-order valence-electron chi connectivity index (χ1n) is 5.61. The Hall–Kier alpha value is -0.760. The zero-order chi connectivity index (χ0) is 10.4. The van der Waals surface area contributed by atoms with Gasteiger partial charge in [-0.3, -0.25) is 0 Å². The number of nitrogens with one attached hydrogen (secondary N) is 1. The summed E-state index contributed by atoms with van der Waals surface area (Å²) in [7, 11) is 0. The summed E-state index contributed by atoms with van der Waals surface area (Å²) in [6.45, 7) is 9.84. The van der Waals surface area contributed by atoms with Gasteiger partial charge >= 0.3 is 0 Å². The second-order valence-corrected chi connectivity index (χ2v) is 4.01. The summed E-state index contributed by atoms with van der Waals surface area (Å²) in [5, 5.41) is 3.33. The lowest BCUT2D eigenvalue weighted by atomic mass is 10.1. The van der Waals surface area contributed by atoms with Gasteiger partial charge in [0.1, 0.15) is 0 Å². The molecule has 1 rings (SSSR count). The third-order valence-electron chi connectivity index (χ3n) is 2.61. The zero-order valence-corrected chi connectivity index (χ0v) is 9.59. The minimum atomic E-state index is 0.773. The second-order valence-electron chi connectivity index (χ2n) is 4.01. The van der Waals surface area contributed by atoms with Gasteiger partial charge in [0.25, 0.3) is 0 Å². The van der Waals surface area contributed by atoms with Gasteiger partial charge in [-0.2, -0.15) is 0 Å². The van der Waals surface area contributed by atoms with Crippen LogP contribution >= 0.6 is 0 Å². The molecule has 0 spiro atoms. The molecule has 14 heavy (non-hydrogen) atoms. The lowest BCUT2D eigenvalue weighted by Gasteiger charge is -2.08. The molecule has 1 aromatic rings. The standard InChI is InChI=1S/C12H22N2/c1-4-11(3)9-14-7-6-12(10-14)8-13-5-2/h6-7,10-11,13H,4-5,8-9H2,1-3H3. The highest BCUT2D eigenvalue weighted by Crippen LogP contribution is 2.07. The molecule has 1 N–H and O–H groups in total. The van der Waals surface area contributed by atoms with Gasteiger partial charge < -0.3 is 9.88 Å². The Kier molecular flexibility index (Phi) is 4.74. The van der Waals surface area contributed by atoms with E-state index in [1.807, 2.05) is 0 Å². The first kappa shape index (κ1) is 11.3. The van der Waals surface area contributed by atoms with Gasteiger partial charge in [-0.1, -0.05) is 27.2 Å². The maximum atomic E-state index is 3.33. The normalized spacial score (nSPS) is 13.1. The Balaban J connectivity index is 2.42. The predicted molar refractivity (Wildman–Crippen MR) is 61.3 cm³/mol. The highest BCUT2D eigenvalue weighted by Gasteiger charge is 2.00. The largest absolute Gasteiger partial charge is 0.354 e. The van der Waals surface area contributed by atoms with Crippen molar-refractivity contribution in [2.75, 3.05) is 6.54 Å². The van der Waals surface area contributed by atoms with Crippen LogP contribution in [0.4, 0.5) is 0 Å². The molecule has 0 saturated heterocycles. The summed E-state index contributed by atoms with van der Waals surface area (Å²) in [6, 6.07) is 2.20. The van der Waals surface area contributed by atoms with E-state index >= 15 is 0 Å². The molecule has 0 radical (unpaired) electrons. The summed E-state index contributed by atoms with van der Waals surface area (Å²) in [5.74, 6) is 0.773. The van der Waals surface area contributed by atoms with Crippen LogP contribution in [0.5, 0.6) is 0 Å². The van der Waals surface area contributed by atoms with Gasteiger partial charge in [-0.25, -0.2) is 0 Å². The lowest BCUT2D eigenvalue weighted by Crippen LogP contribution is -2.11. The Morgan fingerprint density at radius 3 is 2.86 bits per heavy atom. The molecular formula is C12H22N2. The quantitative estimate of drug-likeness (QED) is 0.736. The van der Waals surface area contributed by atoms with Crippen molar-refractivity contribution < 1.29 is 0 Å². The van der Waals surface area contributed by atoms with E-state index in [2.05, 4.69) is 49.1 Å². The van der Waals surface area contributed by atoms with Crippen LogP contribution in [-0.4, -0.2) is 11.1 Å². The van der Waals surface area contributed by atoms with Crippen LogP contribution in [0.3, 0.4) is 0 Å². The zero-order valence-electron chi connectivity index (χ0n) is 9.59. The van der Waals surface area contributed by atoms with Crippen molar-refractivity contribution in [2.24, 2.45) is 5.92 Å². The van der Waals surface area contributed by atoms with Crippen molar-refractivity contribution in [1.29, 1.82) is 0 Å². The lowest BCUT2D eigenvalue weighted by molar-refractivity contribution is 0.469. The van der Waals surface area contributed by atoms with E-state index in [1.54, 1.807) is 0 Å². The number of hydrogen-bond acceptors (Lipinski definition) is 1. The van der Waals surface area contributed by atoms with Gasteiger partial charge in [-0.15, -0.1) is 0 Å². The number of hydrogen-bond donors (Lipinski definition) is 1. The molecule has 1 atom stereocenters. The van der Waals surface area contributed by atoms with Gasteiger partial charge in [0.05, 0.1) is 0 Å². The minimum Gasteiger partial charge on any atom is -0.354 e. The second kappa shape index (κ2) is 5.86. The van der Waals surface area contributed by atoms with Crippen molar-refractivity contribution in [3.05, 3.63) is 24.0 Å². The van der Waals surface area contributed by atoms with Gasteiger partial charge in [0, 0.05) is 25.5 Å². The fraction of sp³-hybridized carbons (Fsp3) is 0.667. The summed E-state index contributed by atoms with van der Waals surface area (Å²) < 4.78 is 2.29. The average molecular weight is 194 g/mol. The predicted octanol–water partition coefficient (Wildman–Crippen LogP) is 2.64. The van der Waals surface area contributed by atoms with Crippen LogP contribution in [0.1, 0.15) is 32.8 Å². The van der Waals surface area contributed by atoms with E-state index in [4.69, 9.17) is 0 Å². The van der Waals surface area contributed by atoms with Crippen LogP contribution in [0.25, 0.3) is 0 Å². The highest BCUT2D eigenvalue weighted by atomic mass is 14.9. The van der Waals surface area contributed by atoms with Gasteiger partial charge in [0.15, 0.2) is 0 Å². The number of aromatic nitrogens is 1. The monoisotopic (exact) mass is 194 g/mol. The average Bonchev–Trinajstić information content (AvgIpc) is 2.62. The van der Waals surface area contributed by atoms with E-state index in [1.165, 1.54) is 12.0 Å². The van der Waals surface area contributed by atoms with Crippen LogP contribution in [0.15, 0.2) is 18.5 Å². The first-order chi connectivity index (χ1) is 6.76. The molecule has 1 aromatic heterocycles. The van der Waals surface area contributed by atoms with E-state index in [0.717, 1.165) is 25.6 Å². The fourth-order valence-corrected chi connectivity index (χ4v) is 1.47. The molecule has 0 aliphatic rings. The Bertz CT molecular complexity index is 253. The smallest absolute Gasteiger partial charge is 0.0245 e. The van der Waals surface area contributed by atoms with E-state index in [9.17, 15) is 0 Å². The maximum absolute atomic E-state index is 3.33. The number of nitrogens with zero attached hydrogens (tertiary/aromatic N) is 1. The Morgan fingerprint density at radius 2 is 2.21 bits per heavy atom. The van der Waals surface area contributed by atoms with Crippen LogP contribution in [0, 0.1) is 5.92 Å². The molecule has 0 aromatic carbocycles. The fourth-order valence-electron chi connectivity index (χ4n) is 1.47. The Labute approximate surface area is 87.3 Å². The van der Waals surface area contributed by atoms with E-state index in [-0.39, 0.29) is 0 Å². The Morgan fingerprint density at radius 1 is 1.43 bits per heavy atom. The molecule has 0 amide bonds. The van der Waals surface area contributed by atoms with Crippen LogP contribution in [0.2, 0.25) is 0 Å². The first-order valence-corrected chi connectivity index (χ1v) is 5.61. The molecule has 2 heteroatoms. The third kappa shape index (κ3) is 3.54. The molecule has 1 heterocycles. The molecule has 0 aliphatic carbocycles. The van der Waals surface area contributed by atoms with Gasteiger partial charge in [-0.05, 0) is 24.1 Å². The SMILES string of the molecule is CCNCc1ccn(CC(C)CC)c1. The molecule has 1 unspecified atom stereocenters. The molecule has 0 aliphatic heterocycles. The third-order valence-corrected chi connectivity index (χ3v) is 2.61.